The van der Waals surface area contributed by atoms with Crippen LogP contribution in [0.25, 0.3) is 0 Å². The maximum Gasteiger partial charge on any atom is 0.319 e. The SMILES string of the molecule is CC(=O)CN(C(N)=O)c1cccc(Cl)c1. The summed E-state index contributed by atoms with van der Waals surface area (Å²) in [7, 11) is 0. The normalized spacial score (nSPS) is 9.73. The smallest absolute Gasteiger partial charge is 0.319 e. The molecule has 4 nitrogen and oxygen atoms in total. The van der Waals surface area contributed by atoms with E-state index in [2.05, 4.69) is 0 Å². The van der Waals surface area contributed by atoms with E-state index in [0.29, 0.717) is 10.7 Å². The van der Waals surface area contributed by atoms with Crippen LogP contribution in [-0.4, -0.2) is 18.4 Å². The maximum atomic E-state index is 11.1. The van der Waals surface area contributed by atoms with Crippen molar-refractivity contribution in [2.24, 2.45) is 5.73 Å². The van der Waals surface area contributed by atoms with E-state index in [-0.39, 0.29) is 12.3 Å². The number of hydrogen-bond acceptors (Lipinski definition) is 2. The summed E-state index contributed by atoms with van der Waals surface area (Å²) in [6, 6.07) is 5.94. The van der Waals surface area contributed by atoms with Gasteiger partial charge in [-0.3, -0.25) is 9.69 Å². The highest BCUT2D eigenvalue weighted by atomic mass is 35.5. The van der Waals surface area contributed by atoms with Gasteiger partial charge in [-0.25, -0.2) is 4.79 Å². The van der Waals surface area contributed by atoms with Gasteiger partial charge in [0.15, 0.2) is 0 Å². The summed E-state index contributed by atoms with van der Waals surface area (Å²) in [6.45, 7) is 1.34. The monoisotopic (exact) mass is 226 g/mol. The zero-order valence-electron chi connectivity index (χ0n) is 8.24. The fourth-order valence-corrected chi connectivity index (χ4v) is 1.35. The number of benzene rings is 1. The van der Waals surface area contributed by atoms with E-state index in [4.69, 9.17) is 17.3 Å². The molecule has 80 valence electrons. The van der Waals surface area contributed by atoms with Gasteiger partial charge in [0.1, 0.15) is 5.78 Å². The van der Waals surface area contributed by atoms with Crippen LogP contribution in [0.3, 0.4) is 0 Å². The Morgan fingerprint density at radius 1 is 1.47 bits per heavy atom. The van der Waals surface area contributed by atoms with E-state index in [1.54, 1.807) is 24.3 Å². The molecule has 15 heavy (non-hydrogen) atoms. The van der Waals surface area contributed by atoms with E-state index in [1.165, 1.54) is 11.8 Å². The molecule has 5 heteroatoms. The van der Waals surface area contributed by atoms with Crippen molar-refractivity contribution in [2.75, 3.05) is 11.4 Å². The van der Waals surface area contributed by atoms with Gasteiger partial charge in [-0.05, 0) is 25.1 Å². The van der Waals surface area contributed by atoms with E-state index >= 15 is 0 Å². The molecule has 0 saturated heterocycles. The predicted molar refractivity (Wildman–Crippen MR) is 59.1 cm³/mol. The van der Waals surface area contributed by atoms with Crippen molar-refractivity contribution in [3.8, 4) is 0 Å². The van der Waals surface area contributed by atoms with Gasteiger partial charge in [-0.2, -0.15) is 0 Å². The third kappa shape index (κ3) is 3.25. The molecule has 0 heterocycles. The average molecular weight is 227 g/mol. The van der Waals surface area contributed by atoms with Crippen LogP contribution < -0.4 is 10.6 Å². The molecule has 0 aliphatic heterocycles. The second-order valence-corrected chi connectivity index (χ2v) is 3.54. The zero-order chi connectivity index (χ0) is 11.4. The number of Topliss-reactive ketones (excluding diaryl/α,β-unsaturated/α-hetero) is 1. The van der Waals surface area contributed by atoms with Crippen LogP contribution >= 0.6 is 11.6 Å². The third-order valence-electron chi connectivity index (χ3n) is 1.77. The number of nitrogens with two attached hydrogens (primary N) is 1. The van der Waals surface area contributed by atoms with Crippen LogP contribution in [0.1, 0.15) is 6.92 Å². The maximum absolute atomic E-state index is 11.1. The Balaban J connectivity index is 2.98. The highest BCUT2D eigenvalue weighted by Gasteiger charge is 2.14. The summed E-state index contributed by atoms with van der Waals surface area (Å²) in [5.74, 6) is -0.145. The number of anilines is 1. The van der Waals surface area contributed by atoms with Crippen LogP contribution in [0.2, 0.25) is 5.02 Å². The number of ketones is 1. The summed E-state index contributed by atoms with van der Waals surface area (Å²) in [4.78, 5) is 23.2. The van der Waals surface area contributed by atoms with E-state index in [0.717, 1.165) is 0 Å². The van der Waals surface area contributed by atoms with Gasteiger partial charge in [0.05, 0.1) is 6.54 Å². The number of rotatable bonds is 3. The molecule has 0 aliphatic rings. The number of amides is 2. The Labute approximate surface area is 92.6 Å². The fraction of sp³-hybridized carbons (Fsp3) is 0.200. The van der Waals surface area contributed by atoms with Gasteiger partial charge in [-0.15, -0.1) is 0 Å². The standard InChI is InChI=1S/C10H11ClN2O2/c1-7(14)6-13(10(12)15)9-4-2-3-8(11)5-9/h2-5H,6H2,1H3,(H2,12,15). The van der Waals surface area contributed by atoms with Crippen molar-refractivity contribution in [3.05, 3.63) is 29.3 Å². The number of halogens is 1. The van der Waals surface area contributed by atoms with Gasteiger partial charge in [0, 0.05) is 10.7 Å². The second kappa shape index (κ2) is 4.79. The van der Waals surface area contributed by atoms with Crippen molar-refractivity contribution in [3.63, 3.8) is 0 Å². The minimum absolute atomic E-state index is 0.0460. The molecule has 0 spiro atoms. The van der Waals surface area contributed by atoms with Crippen LogP contribution in [-0.2, 0) is 4.79 Å². The molecule has 0 saturated carbocycles. The molecule has 0 fully saturated rings. The van der Waals surface area contributed by atoms with Gasteiger partial charge in [-0.1, -0.05) is 17.7 Å². The molecular weight excluding hydrogens is 216 g/mol. The van der Waals surface area contributed by atoms with Gasteiger partial charge in [0.2, 0.25) is 0 Å². The average Bonchev–Trinajstić information content (AvgIpc) is 2.13. The van der Waals surface area contributed by atoms with Crippen molar-refractivity contribution in [1.29, 1.82) is 0 Å². The first-order valence-corrected chi connectivity index (χ1v) is 4.70. The summed E-state index contributed by atoms with van der Waals surface area (Å²) in [5.41, 5.74) is 5.68. The molecule has 0 bridgehead atoms. The number of hydrogen-bond donors (Lipinski definition) is 1. The van der Waals surface area contributed by atoms with Gasteiger partial charge in [0.25, 0.3) is 0 Å². The highest BCUT2D eigenvalue weighted by molar-refractivity contribution is 6.30. The van der Waals surface area contributed by atoms with Crippen molar-refractivity contribution in [1.82, 2.24) is 0 Å². The Morgan fingerprint density at radius 3 is 2.60 bits per heavy atom. The molecule has 1 aromatic carbocycles. The lowest BCUT2D eigenvalue weighted by atomic mass is 10.3. The summed E-state index contributed by atoms with van der Waals surface area (Å²) in [6.07, 6.45) is 0. The molecule has 2 amide bonds. The topological polar surface area (TPSA) is 63.4 Å². The lowest BCUT2D eigenvalue weighted by Crippen LogP contribution is -2.38. The van der Waals surface area contributed by atoms with Crippen molar-refractivity contribution in [2.45, 2.75) is 6.92 Å². The van der Waals surface area contributed by atoms with Crippen LogP contribution in [0.15, 0.2) is 24.3 Å². The molecule has 2 N–H and O–H groups in total. The van der Waals surface area contributed by atoms with E-state index < -0.39 is 6.03 Å². The molecule has 1 aromatic rings. The number of carbonyl (C=O) groups is 2. The first-order chi connectivity index (χ1) is 7.00. The number of primary amides is 1. The third-order valence-corrected chi connectivity index (χ3v) is 2.00. The minimum atomic E-state index is -0.674. The minimum Gasteiger partial charge on any atom is -0.351 e. The molecule has 1 rings (SSSR count). The molecule has 0 atom stereocenters. The quantitative estimate of drug-likeness (QED) is 0.855. The first-order valence-electron chi connectivity index (χ1n) is 4.32. The first kappa shape index (κ1) is 11.5. The Morgan fingerprint density at radius 2 is 2.13 bits per heavy atom. The van der Waals surface area contributed by atoms with Crippen LogP contribution in [0, 0.1) is 0 Å². The van der Waals surface area contributed by atoms with E-state index in [1.807, 2.05) is 0 Å². The molecule has 0 aromatic heterocycles. The molecule has 0 radical (unpaired) electrons. The zero-order valence-corrected chi connectivity index (χ0v) is 8.99. The van der Waals surface area contributed by atoms with Gasteiger partial charge < -0.3 is 5.73 Å². The lowest BCUT2D eigenvalue weighted by molar-refractivity contribution is -0.115. The summed E-state index contributed by atoms with van der Waals surface area (Å²) >= 11 is 5.77. The Hall–Kier alpha value is -1.55. The predicted octanol–water partition coefficient (Wildman–Crippen LogP) is 1.81. The highest BCUT2D eigenvalue weighted by Crippen LogP contribution is 2.19. The number of carbonyl (C=O) groups excluding carboxylic acids is 2. The summed E-state index contributed by atoms with van der Waals surface area (Å²) in [5, 5.41) is 0.488. The Bertz CT molecular complexity index is 393. The Kier molecular flexibility index (Phi) is 3.68. The van der Waals surface area contributed by atoms with E-state index in [9.17, 15) is 9.59 Å². The molecule has 0 aliphatic carbocycles. The van der Waals surface area contributed by atoms with Gasteiger partial charge >= 0.3 is 6.03 Å². The summed E-state index contributed by atoms with van der Waals surface area (Å²) < 4.78 is 0. The number of nitrogens with zero attached hydrogens (tertiary/aromatic N) is 1. The number of urea groups is 1. The molecular formula is C10H11ClN2O2. The largest absolute Gasteiger partial charge is 0.351 e. The molecule has 0 unspecified atom stereocenters. The van der Waals surface area contributed by atoms with Crippen LogP contribution in [0.4, 0.5) is 10.5 Å². The van der Waals surface area contributed by atoms with Crippen LogP contribution in [0.5, 0.6) is 0 Å². The van der Waals surface area contributed by atoms with Crippen molar-refractivity contribution >= 4 is 29.1 Å². The fourth-order valence-electron chi connectivity index (χ4n) is 1.16. The second-order valence-electron chi connectivity index (χ2n) is 3.11. The van der Waals surface area contributed by atoms with Crippen molar-refractivity contribution < 1.29 is 9.59 Å². The lowest BCUT2D eigenvalue weighted by Gasteiger charge is -2.18.